The van der Waals surface area contributed by atoms with E-state index in [2.05, 4.69) is 190 Å². The number of rotatable bonds is 7. The fraction of sp³-hybridized carbons (Fsp3) is 0.175. The molecule has 0 aliphatic carbocycles. The van der Waals surface area contributed by atoms with Gasteiger partial charge < -0.3 is 8.98 Å². The second-order valence-electron chi connectivity index (χ2n) is 17.7. The van der Waals surface area contributed by atoms with Crippen molar-refractivity contribution in [1.82, 2.24) is 19.5 Å². The summed E-state index contributed by atoms with van der Waals surface area (Å²) in [4.78, 5) is 13.7. The summed E-state index contributed by atoms with van der Waals surface area (Å²) in [5.41, 5.74) is 15.6. The molecule has 1 radical (unpaired) electrons. The molecule has 0 saturated heterocycles. The van der Waals surface area contributed by atoms with E-state index in [1.165, 1.54) is 52.0 Å². The molecule has 0 aliphatic rings. The number of hydrogen-bond acceptors (Lipinski definition) is 4. The predicted molar refractivity (Wildman–Crippen MR) is 257 cm³/mol. The van der Waals surface area contributed by atoms with E-state index in [0.717, 1.165) is 66.9 Å². The van der Waals surface area contributed by atoms with Crippen LogP contribution in [0.4, 0.5) is 4.39 Å². The molecule has 5 nitrogen and oxygen atoms in total. The van der Waals surface area contributed by atoms with Crippen LogP contribution < -0.4 is 0 Å². The molecule has 3 heterocycles. The minimum absolute atomic E-state index is 0. The summed E-state index contributed by atoms with van der Waals surface area (Å²) < 4.78 is 21.9. The number of nitrogens with zero attached hydrogens (tertiary/aromatic N) is 4. The van der Waals surface area contributed by atoms with Crippen LogP contribution in [0.5, 0.6) is 0 Å². The van der Waals surface area contributed by atoms with Crippen molar-refractivity contribution < 1.29 is 28.9 Å². The minimum Gasteiger partial charge on any atom is -0.501 e. The summed E-state index contributed by atoms with van der Waals surface area (Å²) in [7, 11) is 0. The Balaban J connectivity index is 0.000000262. The number of aromatic nitrogens is 4. The second kappa shape index (κ2) is 18.3. The summed E-state index contributed by atoms with van der Waals surface area (Å²) in [6, 6.07) is 57.7. The van der Waals surface area contributed by atoms with Crippen molar-refractivity contribution in [3.8, 4) is 50.6 Å². The summed E-state index contributed by atoms with van der Waals surface area (Å²) in [5.74, 6) is 1.12. The largest absolute Gasteiger partial charge is 0.501 e. The molecule has 0 amide bonds. The molecule has 64 heavy (non-hydrogen) atoms. The average molecular weight is 1020 g/mol. The normalized spacial score (nSPS) is 11.6. The molecular formula is C57H49FIrN4O-2. The molecule has 7 aromatic carbocycles. The molecule has 0 N–H and O–H groups in total. The van der Waals surface area contributed by atoms with E-state index in [-0.39, 0.29) is 43.2 Å². The minimum atomic E-state index is -0.293. The van der Waals surface area contributed by atoms with Crippen LogP contribution in [0.3, 0.4) is 0 Å². The Hall–Kier alpha value is -6.53. The van der Waals surface area contributed by atoms with Crippen LogP contribution in [0.25, 0.3) is 83.6 Å². The van der Waals surface area contributed by atoms with E-state index in [1.807, 2.05) is 18.2 Å². The Morgan fingerprint density at radius 3 is 1.94 bits per heavy atom. The van der Waals surface area contributed by atoms with Gasteiger partial charge in [0.05, 0.1) is 22.4 Å². The van der Waals surface area contributed by atoms with Crippen molar-refractivity contribution in [2.75, 3.05) is 0 Å². The van der Waals surface area contributed by atoms with Gasteiger partial charge in [0, 0.05) is 48.1 Å². The monoisotopic (exact) mass is 1020 g/mol. The Morgan fingerprint density at radius 2 is 1.30 bits per heavy atom. The predicted octanol–water partition coefficient (Wildman–Crippen LogP) is 15.4. The molecule has 0 atom stereocenters. The standard InChI is InChI=1S/C43H35N2O.C14H14FN2.Ir/c1-27(2)36-24-32(30-16-9-6-10-17-30)25-37(28(3)4)41(36)45-39-21-12-11-20-38(39)44-43(45)35-19-13-18-34-33-23-22-31(26-40(33)46-42(34)35)29-14-7-5-8-15-29;1-14(2,3)13-8-12(16-9-17-13)10-4-6-11(15)7-5-10;/h5-18,20-28H,1-4H3;4,6-9H,1-3H3;/q2*-1;. The summed E-state index contributed by atoms with van der Waals surface area (Å²) >= 11 is 0. The molecular weight excluding hydrogens is 968 g/mol. The van der Waals surface area contributed by atoms with Crippen molar-refractivity contribution >= 4 is 33.0 Å². The van der Waals surface area contributed by atoms with E-state index in [9.17, 15) is 4.39 Å². The zero-order valence-corrected chi connectivity index (χ0v) is 39.5. The molecule has 0 saturated carbocycles. The molecule has 10 aromatic rings. The van der Waals surface area contributed by atoms with Crippen LogP contribution in [0.1, 0.15) is 77.1 Å². The molecule has 0 aliphatic heterocycles. The van der Waals surface area contributed by atoms with Crippen LogP contribution >= 0.6 is 0 Å². The number of furan rings is 1. The van der Waals surface area contributed by atoms with Gasteiger partial charge in [0.15, 0.2) is 0 Å². The van der Waals surface area contributed by atoms with Crippen molar-refractivity contribution in [1.29, 1.82) is 0 Å². The Labute approximate surface area is 388 Å². The summed E-state index contributed by atoms with van der Waals surface area (Å²) in [5, 5.41) is 2.15. The number of para-hydroxylation sites is 2. The molecule has 0 bridgehead atoms. The van der Waals surface area contributed by atoms with Gasteiger partial charge >= 0.3 is 0 Å². The van der Waals surface area contributed by atoms with E-state index in [4.69, 9.17) is 9.40 Å². The molecule has 321 valence electrons. The molecule has 0 fully saturated rings. The van der Waals surface area contributed by atoms with Gasteiger partial charge in [0.25, 0.3) is 0 Å². The SMILES string of the molecule is CC(C)(C)c1cc(-c2[c-]cc(F)cc2)ncn1.CC(C)c1cc(-c2ccccc2)cc(C(C)C)c1-n1c(-c2[c-]ccc3c2oc2cc(-c4ccccc4)ccc23)nc2ccccc21.[Ir]. The maximum absolute atomic E-state index is 12.8. The Kier molecular flexibility index (Phi) is 12.6. The fourth-order valence-corrected chi connectivity index (χ4v) is 8.23. The summed E-state index contributed by atoms with van der Waals surface area (Å²) in [6.45, 7) is 15.4. The van der Waals surface area contributed by atoms with Crippen LogP contribution in [0, 0.1) is 17.9 Å². The smallest absolute Gasteiger partial charge is 0.121 e. The first-order chi connectivity index (χ1) is 30.4. The average Bonchev–Trinajstić information content (AvgIpc) is 3.88. The van der Waals surface area contributed by atoms with E-state index >= 15 is 0 Å². The number of halogens is 1. The van der Waals surface area contributed by atoms with Crippen molar-refractivity contribution in [2.45, 2.75) is 65.7 Å². The van der Waals surface area contributed by atoms with Crippen LogP contribution in [0.15, 0.2) is 162 Å². The third-order valence-corrected chi connectivity index (χ3v) is 11.6. The Morgan fingerprint density at radius 1 is 0.641 bits per heavy atom. The van der Waals surface area contributed by atoms with Crippen LogP contribution in [0.2, 0.25) is 0 Å². The topological polar surface area (TPSA) is 56.7 Å². The van der Waals surface area contributed by atoms with Gasteiger partial charge in [0.2, 0.25) is 0 Å². The number of benzene rings is 7. The van der Waals surface area contributed by atoms with E-state index in [1.54, 1.807) is 6.07 Å². The number of imidazole rings is 1. The van der Waals surface area contributed by atoms with Crippen molar-refractivity contribution in [3.63, 3.8) is 0 Å². The van der Waals surface area contributed by atoms with E-state index in [0.29, 0.717) is 0 Å². The molecule has 7 heteroatoms. The molecule has 3 aromatic heterocycles. The zero-order chi connectivity index (χ0) is 43.8. The zero-order valence-electron chi connectivity index (χ0n) is 37.1. The van der Waals surface area contributed by atoms with Gasteiger partial charge in [-0.2, -0.15) is 0 Å². The quantitative estimate of drug-likeness (QED) is 0.149. The fourth-order valence-electron chi connectivity index (χ4n) is 8.23. The van der Waals surface area contributed by atoms with Gasteiger partial charge in [0.1, 0.15) is 11.9 Å². The molecule has 10 rings (SSSR count). The first-order valence-electron chi connectivity index (χ1n) is 21.6. The maximum Gasteiger partial charge on any atom is 0.121 e. The first kappa shape index (κ1) is 44.1. The first-order valence-corrected chi connectivity index (χ1v) is 21.6. The van der Waals surface area contributed by atoms with Crippen molar-refractivity contribution in [2.24, 2.45) is 0 Å². The van der Waals surface area contributed by atoms with Gasteiger partial charge in [-0.15, -0.1) is 48.0 Å². The Bertz CT molecular complexity index is 3190. The number of hydrogen-bond donors (Lipinski definition) is 0. The van der Waals surface area contributed by atoms with E-state index < -0.39 is 0 Å². The molecule has 0 unspecified atom stereocenters. The van der Waals surface area contributed by atoms with Gasteiger partial charge in [-0.3, -0.25) is 14.4 Å². The van der Waals surface area contributed by atoms with Crippen molar-refractivity contribution in [3.05, 3.63) is 193 Å². The second-order valence-corrected chi connectivity index (χ2v) is 17.7. The molecule has 0 spiro atoms. The van der Waals surface area contributed by atoms with Crippen LogP contribution in [-0.4, -0.2) is 19.5 Å². The van der Waals surface area contributed by atoms with Crippen LogP contribution in [-0.2, 0) is 25.5 Å². The van der Waals surface area contributed by atoms with Gasteiger partial charge in [-0.25, -0.2) is 4.98 Å². The third kappa shape index (κ3) is 8.71. The number of fused-ring (bicyclic) bond motifs is 4. The third-order valence-electron chi connectivity index (χ3n) is 11.6. The van der Waals surface area contributed by atoms with Gasteiger partial charge in [-0.05, 0) is 81.2 Å². The van der Waals surface area contributed by atoms with Gasteiger partial charge in [-0.1, -0.05) is 150 Å². The summed E-state index contributed by atoms with van der Waals surface area (Å²) in [6.07, 6.45) is 1.53. The maximum atomic E-state index is 12.8.